The van der Waals surface area contributed by atoms with Crippen LogP contribution in [0, 0.1) is 0 Å². The van der Waals surface area contributed by atoms with Gasteiger partial charge in [-0.25, -0.2) is 0 Å². The van der Waals surface area contributed by atoms with Crippen LogP contribution in [0.15, 0.2) is 48.5 Å². The van der Waals surface area contributed by atoms with E-state index in [-0.39, 0.29) is 18.2 Å². The van der Waals surface area contributed by atoms with Gasteiger partial charge in [0.15, 0.2) is 0 Å². The number of methoxy groups -OCH3 is 1. The molecule has 126 valence electrons. The van der Waals surface area contributed by atoms with Crippen LogP contribution in [0.25, 0.3) is 0 Å². The van der Waals surface area contributed by atoms with E-state index in [0.29, 0.717) is 17.7 Å². The van der Waals surface area contributed by atoms with E-state index in [1.807, 2.05) is 31.2 Å². The first kappa shape index (κ1) is 17.5. The largest absolute Gasteiger partial charge is 0.497 e. The highest BCUT2D eigenvalue weighted by Crippen LogP contribution is 2.24. The van der Waals surface area contributed by atoms with Gasteiger partial charge in [-0.05, 0) is 41.8 Å². The summed E-state index contributed by atoms with van der Waals surface area (Å²) in [5, 5.41) is 11.7. The maximum Gasteiger partial charge on any atom is 0.307 e. The second-order valence-electron chi connectivity index (χ2n) is 5.49. The fraction of sp³-hybridized carbons (Fsp3) is 0.263. The summed E-state index contributed by atoms with van der Waals surface area (Å²) in [6.07, 6.45) is 0.646. The average molecular weight is 327 g/mol. The lowest BCUT2D eigenvalue weighted by Crippen LogP contribution is -2.20. The smallest absolute Gasteiger partial charge is 0.307 e. The molecule has 0 aliphatic heterocycles. The third-order valence-electron chi connectivity index (χ3n) is 3.82. The highest BCUT2D eigenvalue weighted by atomic mass is 16.5. The molecule has 2 rings (SSSR count). The highest BCUT2D eigenvalue weighted by Gasteiger charge is 2.18. The highest BCUT2D eigenvalue weighted by molar-refractivity contribution is 5.95. The summed E-state index contributed by atoms with van der Waals surface area (Å²) in [5.41, 5.74) is 2.28. The SMILES string of the molecule is CCC(C(=O)Nc1ccc(CC(=O)O)cc1)c1ccc(OC)cc1. The molecule has 0 bridgehead atoms. The zero-order chi connectivity index (χ0) is 17.5. The van der Waals surface area contributed by atoms with E-state index in [0.717, 1.165) is 11.3 Å². The van der Waals surface area contributed by atoms with Crippen LogP contribution in [0.4, 0.5) is 5.69 Å². The number of hydrogen-bond acceptors (Lipinski definition) is 3. The average Bonchev–Trinajstić information content (AvgIpc) is 2.57. The first-order chi connectivity index (χ1) is 11.5. The molecule has 0 aliphatic carbocycles. The second-order valence-corrected chi connectivity index (χ2v) is 5.49. The first-order valence-electron chi connectivity index (χ1n) is 7.79. The lowest BCUT2D eigenvalue weighted by molar-refractivity contribution is -0.136. The van der Waals surface area contributed by atoms with Crippen molar-refractivity contribution in [3.63, 3.8) is 0 Å². The molecule has 0 aliphatic rings. The van der Waals surface area contributed by atoms with Crippen molar-refractivity contribution in [2.24, 2.45) is 0 Å². The number of amides is 1. The van der Waals surface area contributed by atoms with Crippen LogP contribution in [0.5, 0.6) is 5.75 Å². The fourth-order valence-corrected chi connectivity index (χ4v) is 2.52. The van der Waals surface area contributed by atoms with E-state index >= 15 is 0 Å². The second kappa shape index (κ2) is 8.15. The molecule has 24 heavy (non-hydrogen) atoms. The van der Waals surface area contributed by atoms with Crippen molar-refractivity contribution in [2.45, 2.75) is 25.7 Å². The lowest BCUT2D eigenvalue weighted by atomic mass is 9.95. The summed E-state index contributed by atoms with van der Waals surface area (Å²) in [7, 11) is 1.60. The standard InChI is InChI=1S/C19H21NO4/c1-3-17(14-6-10-16(24-2)11-7-14)19(23)20-15-8-4-13(5-9-15)12-18(21)22/h4-11,17H,3,12H2,1-2H3,(H,20,23)(H,21,22). The number of ether oxygens (including phenoxy) is 1. The van der Waals surface area contributed by atoms with Gasteiger partial charge < -0.3 is 15.2 Å². The summed E-state index contributed by atoms with van der Waals surface area (Å²) in [6, 6.07) is 14.3. The van der Waals surface area contributed by atoms with Crippen molar-refractivity contribution in [3.8, 4) is 5.75 Å². The summed E-state index contributed by atoms with van der Waals surface area (Å²) in [4.78, 5) is 23.2. The Labute approximate surface area is 141 Å². The number of nitrogens with one attached hydrogen (secondary N) is 1. The molecule has 5 heteroatoms. The summed E-state index contributed by atoms with van der Waals surface area (Å²) < 4.78 is 5.13. The molecule has 0 heterocycles. The predicted molar refractivity (Wildman–Crippen MR) is 92.4 cm³/mol. The predicted octanol–water partition coefficient (Wildman–Crippen LogP) is 3.45. The molecule has 0 spiro atoms. The topological polar surface area (TPSA) is 75.6 Å². The van der Waals surface area contributed by atoms with Crippen molar-refractivity contribution < 1.29 is 19.4 Å². The number of anilines is 1. The Bertz CT molecular complexity index is 692. The van der Waals surface area contributed by atoms with Gasteiger partial charge in [0.2, 0.25) is 5.91 Å². The van der Waals surface area contributed by atoms with Gasteiger partial charge >= 0.3 is 5.97 Å². The van der Waals surface area contributed by atoms with Gasteiger partial charge in [-0.2, -0.15) is 0 Å². The van der Waals surface area contributed by atoms with Crippen LogP contribution in [0.2, 0.25) is 0 Å². The Morgan fingerprint density at radius 3 is 2.21 bits per heavy atom. The van der Waals surface area contributed by atoms with Crippen LogP contribution in [0.3, 0.4) is 0 Å². The molecule has 0 saturated heterocycles. The number of carbonyl (C=O) groups is 2. The van der Waals surface area contributed by atoms with E-state index in [1.165, 1.54) is 0 Å². The van der Waals surface area contributed by atoms with Crippen molar-refractivity contribution >= 4 is 17.6 Å². The third-order valence-corrected chi connectivity index (χ3v) is 3.82. The van der Waals surface area contributed by atoms with Gasteiger partial charge in [-0.3, -0.25) is 9.59 Å². The van der Waals surface area contributed by atoms with Gasteiger partial charge in [0, 0.05) is 5.69 Å². The van der Waals surface area contributed by atoms with Crippen LogP contribution in [-0.2, 0) is 16.0 Å². The molecule has 2 aromatic rings. The molecule has 1 atom stereocenters. The molecular formula is C19H21NO4. The lowest BCUT2D eigenvalue weighted by Gasteiger charge is -2.16. The minimum Gasteiger partial charge on any atom is -0.497 e. The van der Waals surface area contributed by atoms with Crippen molar-refractivity contribution in [2.75, 3.05) is 12.4 Å². The maximum atomic E-state index is 12.5. The molecule has 0 fully saturated rings. The van der Waals surface area contributed by atoms with Crippen LogP contribution in [0.1, 0.15) is 30.4 Å². The van der Waals surface area contributed by atoms with E-state index in [9.17, 15) is 9.59 Å². The van der Waals surface area contributed by atoms with E-state index in [1.54, 1.807) is 31.4 Å². The van der Waals surface area contributed by atoms with Crippen molar-refractivity contribution in [1.82, 2.24) is 0 Å². The molecule has 1 unspecified atom stereocenters. The molecule has 0 saturated carbocycles. The molecule has 2 N–H and O–H groups in total. The van der Waals surface area contributed by atoms with Crippen LogP contribution < -0.4 is 10.1 Å². The quantitative estimate of drug-likeness (QED) is 0.816. The maximum absolute atomic E-state index is 12.5. The van der Waals surface area contributed by atoms with Gasteiger partial charge in [-0.15, -0.1) is 0 Å². The summed E-state index contributed by atoms with van der Waals surface area (Å²) >= 11 is 0. The molecule has 0 aromatic heterocycles. The van der Waals surface area contributed by atoms with E-state index in [4.69, 9.17) is 9.84 Å². The van der Waals surface area contributed by atoms with Gasteiger partial charge in [0.25, 0.3) is 0 Å². The monoisotopic (exact) mass is 327 g/mol. The zero-order valence-corrected chi connectivity index (χ0v) is 13.8. The number of carboxylic acids is 1. The molecule has 1 amide bonds. The Morgan fingerprint density at radius 2 is 1.71 bits per heavy atom. The van der Waals surface area contributed by atoms with E-state index < -0.39 is 5.97 Å². The minimum absolute atomic E-state index is 0.0301. The number of aliphatic carboxylic acids is 1. The molecule has 2 aromatic carbocycles. The third kappa shape index (κ3) is 4.59. The minimum atomic E-state index is -0.877. The summed E-state index contributed by atoms with van der Waals surface area (Å²) in [5.74, 6) is -0.469. The first-order valence-corrected chi connectivity index (χ1v) is 7.79. The van der Waals surface area contributed by atoms with Crippen LogP contribution >= 0.6 is 0 Å². The van der Waals surface area contributed by atoms with Crippen molar-refractivity contribution in [1.29, 1.82) is 0 Å². The normalized spacial score (nSPS) is 11.6. The van der Waals surface area contributed by atoms with E-state index in [2.05, 4.69) is 5.32 Å². The number of benzene rings is 2. The van der Waals surface area contributed by atoms with Gasteiger partial charge in [0.05, 0.1) is 19.4 Å². The Hall–Kier alpha value is -2.82. The molecule has 5 nitrogen and oxygen atoms in total. The number of carbonyl (C=O) groups excluding carboxylic acids is 1. The molecular weight excluding hydrogens is 306 g/mol. The molecule has 0 radical (unpaired) electrons. The zero-order valence-electron chi connectivity index (χ0n) is 13.8. The van der Waals surface area contributed by atoms with Gasteiger partial charge in [0.1, 0.15) is 5.75 Å². The number of carboxylic acid groups (broad SMARTS) is 1. The Balaban J connectivity index is 2.06. The number of rotatable bonds is 7. The Morgan fingerprint density at radius 1 is 1.08 bits per heavy atom. The Kier molecular flexibility index (Phi) is 5.95. The van der Waals surface area contributed by atoms with Crippen molar-refractivity contribution in [3.05, 3.63) is 59.7 Å². The van der Waals surface area contributed by atoms with Crippen LogP contribution in [-0.4, -0.2) is 24.1 Å². The summed E-state index contributed by atoms with van der Waals surface area (Å²) in [6.45, 7) is 1.96. The van der Waals surface area contributed by atoms with Gasteiger partial charge in [-0.1, -0.05) is 31.2 Å². The fourth-order valence-electron chi connectivity index (χ4n) is 2.52. The number of hydrogen-bond donors (Lipinski definition) is 2.